The molecule has 2 rings (SSSR count). The second kappa shape index (κ2) is 3.58. The molecule has 0 spiro atoms. The summed E-state index contributed by atoms with van der Waals surface area (Å²) in [5.41, 5.74) is -0.131. The molecule has 0 unspecified atom stereocenters. The minimum absolute atomic E-state index is 0.435. The molecule has 1 aromatic carbocycles. The van der Waals surface area contributed by atoms with Crippen LogP contribution in [0.2, 0.25) is 0 Å². The molecule has 1 N–H and O–H groups in total. The molecule has 0 saturated carbocycles. The molecule has 0 atom stereocenters. The zero-order chi connectivity index (χ0) is 10.0. The van der Waals surface area contributed by atoms with Crippen LogP contribution >= 0.6 is 0 Å². The van der Waals surface area contributed by atoms with Crippen LogP contribution in [-0.2, 0) is 6.42 Å². The summed E-state index contributed by atoms with van der Waals surface area (Å²) in [6.07, 6.45) is 0.435. The number of nitrogens with one attached hydrogen (secondary N) is 1. The summed E-state index contributed by atoms with van der Waals surface area (Å²) in [6.45, 7) is 0.899. The Balaban J connectivity index is 2.15. The molecular weight excluding hydrogens is 181 g/mol. The number of benzene rings is 1. The van der Waals surface area contributed by atoms with Gasteiger partial charge in [0.2, 0.25) is 0 Å². The normalized spacial score (nSPS) is 18.7. The van der Waals surface area contributed by atoms with E-state index >= 15 is 0 Å². The topological polar surface area (TPSA) is 21.3 Å². The van der Waals surface area contributed by atoms with Gasteiger partial charge in [0.1, 0.15) is 11.4 Å². The molecule has 1 heterocycles. The van der Waals surface area contributed by atoms with Crippen LogP contribution in [-0.4, -0.2) is 25.9 Å². The Kier molecular flexibility index (Phi) is 2.42. The molecule has 1 saturated heterocycles. The lowest BCUT2D eigenvalue weighted by molar-refractivity contribution is 0.0904. The quantitative estimate of drug-likeness (QED) is 0.790. The summed E-state index contributed by atoms with van der Waals surface area (Å²) in [5, 5.41) is 2.94. The van der Waals surface area contributed by atoms with E-state index in [0.717, 1.165) is 11.3 Å². The van der Waals surface area contributed by atoms with E-state index in [0.29, 0.717) is 19.5 Å². The number of methoxy groups -OCH3 is 1. The van der Waals surface area contributed by atoms with Crippen molar-refractivity contribution in [1.29, 1.82) is 0 Å². The van der Waals surface area contributed by atoms with Gasteiger partial charge in [0.05, 0.1) is 7.11 Å². The predicted octanol–water partition coefficient (Wildman–Crippen LogP) is 1.55. The average molecular weight is 195 g/mol. The largest absolute Gasteiger partial charge is 0.496 e. The van der Waals surface area contributed by atoms with Crippen molar-refractivity contribution in [2.75, 3.05) is 20.2 Å². The summed E-state index contributed by atoms with van der Waals surface area (Å²) in [7, 11) is 1.61. The van der Waals surface area contributed by atoms with Gasteiger partial charge in [0.25, 0.3) is 0 Å². The molecule has 14 heavy (non-hydrogen) atoms. The zero-order valence-electron chi connectivity index (χ0n) is 8.22. The SMILES string of the molecule is COc1ccccc1CC1(F)CNC1. The van der Waals surface area contributed by atoms with Crippen molar-refractivity contribution in [2.24, 2.45) is 0 Å². The molecular formula is C11H14FNO. The molecule has 0 bridgehead atoms. The molecule has 0 aromatic heterocycles. The molecule has 0 radical (unpaired) electrons. The van der Waals surface area contributed by atoms with Crippen LogP contribution in [0.1, 0.15) is 5.56 Å². The molecule has 1 fully saturated rings. The molecule has 2 nitrogen and oxygen atoms in total. The van der Waals surface area contributed by atoms with E-state index in [1.165, 1.54) is 0 Å². The lowest BCUT2D eigenvalue weighted by Gasteiger charge is -2.35. The lowest BCUT2D eigenvalue weighted by atomic mass is 9.90. The first kappa shape index (κ1) is 9.46. The van der Waals surface area contributed by atoms with Gasteiger partial charge >= 0.3 is 0 Å². The Morgan fingerprint density at radius 3 is 2.71 bits per heavy atom. The summed E-state index contributed by atoms with van der Waals surface area (Å²) >= 11 is 0. The predicted molar refractivity (Wildman–Crippen MR) is 53.4 cm³/mol. The Morgan fingerprint density at radius 2 is 2.14 bits per heavy atom. The fourth-order valence-electron chi connectivity index (χ4n) is 1.71. The summed E-state index contributed by atoms with van der Waals surface area (Å²) in [6, 6.07) is 7.59. The van der Waals surface area contributed by atoms with Gasteiger partial charge in [-0.25, -0.2) is 4.39 Å². The van der Waals surface area contributed by atoms with Crippen LogP contribution in [0.4, 0.5) is 4.39 Å². The van der Waals surface area contributed by atoms with Crippen molar-refractivity contribution >= 4 is 0 Å². The van der Waals surface area contributed by atoms with Gasteiger partial charge in [-0.1, -0.05) is 18.2 Å². The van der Waals surface area contributed by atoms with Crippen LogP contribution in [0.3, 0.4) is 0 Å². The average Bonchev–Trinajstić information content (AvgIpc) is 2.16. The van der Waals surface area contributed by atoms with E-state index in [4.69, 9.17) is 4.74 Å². The van der Waals surface area contributed by atoms with Crippen LogP contribution in [0, 0.1) is 0 Å². The highest BCUT2D eigenvalue weighted by Crippen LogP contribution is 2.27. The smallest absolute Gasteiger partial charge is 0.139 e. The Morgan fingerprint density at radius 1 is 1.43 bits per heavy atom. The highest BCUT2D eigenvalue weighted by atomic mass is 19.1. The second-order valence-electron chi connectivity index (χ2n) is 3.74. The van der Waals surface area contributed by atoms with E-state index in [-0.39, 0.29) is 0 Å². The van der Waals surface area contributed by atoms with Gasteiger partial charge in [0.15, 0.2) is 0 Å². The van der Waals surface area contributed by atoms with Crippen molar-refractivity contribution < 1.29 is 9.13 Å². The van der Waals surface area contributed by atoms with Crippen molar-refractivity contribution in [3.63, 3.8) is 0 Å². The third kappa shape index (κ3) is 1.73. The fraction of sp³-hybridized carbons (Fsp3) is 0.455. The zero-order valence-corrected chi connectivity index (χ0v) is 8.22. The van der Waals surface area contributed by atoms with E-state index < -0.39 is 5.67 Å². The minimum Gasteiger partial charge on any atom is -0.496 e. The first-order valence-corrected chi connectivity index (χ1v) is 4.75. The summed E-state index contributed by atoms with van der Waals surface area (Å²) in [4.78, 5) is 0. The number of para-hydroxylation sites is 1. The van der Waals surface area contributed by atoms with Crippen molar-refractivity contribution in [1.82, 2.24) is 5.32 Å². The molecule has 1 aliphatic heterocycles. The van der Waals surface area contributed by atoms with Crippen LogP contribution in [0.25, 0.3) is 0 Å². The maximum atomic E-state index is 13.8. The van der Waals surface area contributed by atoms with E-state index in [2.05, 4.69) is 5.32 Å². The van der Waals surface area contributed by atoms with E-state index in [9.17, 15) is 4.39 Å². The lowest BCUT2D eigenvalue weighted by Crippen LogP contribution is -2.57. The van der Waals surface area contributed by atoms with Gasteiger partial charge in [-0.3, -0.25) is 0 Å². The molecule has 1 aromatic rings. The highest BCUT2D eigenvalue weighted by molar-refractivity contribution is 5.35. The first-order valence-electron chi connectivity index (χ1n) is 4.75. The molecule has 0 aliphatic carbocycles. The van der Waals surface area contributed by atoms with E-state index in [1.54, 1.807) is 7.11 Å². The number of ether oxygens (including phenoxy) is 1. The number of rotatable bonds is 3. The van der Waals surface area contributed by atoms with Crippen molar-refractivity contribution in [3.05, 3.63) is 29.8 Å². The summed E-state index contributed by atoms with van der Waals surface area (Å²) < 4.78 is 19.0. The molecule has 76 valence electrons. The standard InChI is InChI=1S/C11H14FNO/c1-14-10-5-3-2-4-9(10)6-11(12)7-13-8-11/h2-5,13H,6-8H2,1H3. The minimum atomic E-state index is -1.07. The molecule has 3 heteroatoms. The monoisotopic (exact) mass is 195 g/mol. The van der Waals surface area contributed by atoms with Gasteiger partial charge < -0.3 is 10.1 Å². The maximum absolute atomic E-state index is 13.8. The highest BCUT2D eigenvalue weighted by Gasteiger charge is 2.37. The first-order chi connectivity index (χ1) is 6.73. The van der Waals surface area contributed by atoms with Gasteiger partial charge in [-0.05, 0) is 11.6 Å². The third-order valence-electron chi connectivity index (χ3n) is 2.58. The number of alkyl halides is 1. The summed E-state index contributed by atoms with van der Waals surface area (Å²) in [5.74, 6) is 0.774. The van der Waals surface area contributed by atoms with Gasteiger partial charge in [-0.2, -0.15) is 0 Å². The molecule has 0 amide bonds. The number of hydrogen-bond acceptors (Lipinski definition) is 2. The van der Waals surface area contributed by atoms with Gasteiger partial charge in [0, 0.05) is 19.5 Å². The number of halogens is 1. The maximum Gasteiger partial charge on any atom is 0.139 e. The number of hydrogen-bond donors (Lipinski definition) is 1. The Bertz CT molecular complexity index is 323. The van der Waals surface area contributed by atoms with Crippen LogP contribution in [0.15, 0.2) is 24.3 Å². The molecule has 1 aliphatic rings. The third-order valence-corrected chi connectivity index (χ3v) is 2.58. The van der Waals surface area contributed by atoms with Crippen LogP contribution in [0.5, 0.6) is 5.75 Å². The van der Waals surface area contributed by atoms with E-state index in [1.807, 2.05) is 24.3 Å². The van der Waals surface area contributed by atoms with Crippen LogP contribution < -0.4 is 10.1 Å². The fourth-order valence-corrected chi connectivity index (χ4v) is 1.71. The van der Waals surface area contributed by atoms with Gasteiger partial charge in [-0.15, -0.1) is 0 Å². The Hall–Kier alpha value is -1.09. The van der Waals surface area contributed by atoms with Crippen molar-refractivity contribution in [3.8, 4) is 5.75 Å². The van der Waals surface area contributed by atoms with Crippen molar-refractivity contribution in [2.45, 2.75) is 12.1 Å². The second-order valence-corrected chi connectivity index (χ2v) is 3.74. The Labute approximate surface area is 83.1 Å².